The molecular weight excluding hydrogens is 291 g/mol. The molecule has 0 bridgehead atoms. The molecule has 2 aromatic carbocycles. The van der Waals surface area contributed by atoms with Gasteiger partial charge < -0.3 is 11.1 Å². The minimum atomic E-state index is -3.26. The summed E-state index contributed by atoms with van der Waals surface area (Å²) in [4.78, 5) is 0.190. The first kappa shape index (κ1) is 15.3. The first-order chi connectivity index (χ1) is 9.86. The molecule has 0 saturated heterocycles. The molecule has 2 aromatic rings. The molecule has 0 heterocycles. The average molecular weight is 308 g/mol. The molecule has 0 saturated carbocycles. The fourth-order valence-electron chi connectivity index (χ4n) is 1.97. The first-order valence-electron chi connectivity index (χ1n) is 6.44. The zero-order valence-corrected chi connectivity index (χ0v) is 12.5. The van der Waals surface area contributed by atoms with Crippen molar-refractivity contribution in [2.75, 3.05) is 23.9 Å². The van der Waals surface area contributed by atoms with Crippen LogP contribution in [-0.4, -0.2) is 21.2 Å². The number of hydrogen-bond acceptors (Lipinski definition) is 4. The molecular formula is C15H17FN2O2S. The van der Waals surface area contributed by atoms with E-state index in [0.29, 0.717) is 24.3 Å². The van der Waals surface area contributed by atoms with Crippen molar-refractivity contribution in [3.05, 3.63) is 53.8 Å². The van der Waals surface area contributed by atoms with Gasteiger partial charge >= 0.3 is 0 Å². The van der Waals surface area contributed by atoms with Crippen molar-refractivity contribution in [2.24, 2.45) is 0 Å². The second-order valence-corrected chi connectivity index (χ2v) is 6.84. The van der Waals surface area contributed by atoms with Crippen molar-refractivity contribution in [1.82, 2.24) is 0 Å². The maximum atomic E-state index is 13.0. The third-order valence-electron chi connectivity index (χ3n) is 3.07. The van der Waals surface area contributed by atoms with E-state index in [-0.39, 0.29) is 10.7 Å². The Morgan fingerprint density at radius 3 is 2.57 bits per heavy atom. The Bertz CT molecular complexity index is 745. The van der Waals surface area contributed by atoms with E-state index in [1.807, 2.05) is 6.07 Å². The van der Waals surface area contributed by atoms with Gasteiger partial charge in [0.05, 0.1) is 16.3 Å². The standard InChI is InChI=1S/C15H17FN2O2S/c1-21(19,20)13-5-6-15(14(17)10-13)18-8-7-11-3-2-4-12(16)9-11/h2-6,9-10,18H,7-8,17H2,1H3. The van der Waals surface area contributed by atoms with Crippen molar-refractivity contribution in [2.45, 2.75) is 11.3 Å². The van der Waals surface area contributed by atoms with Gasteiger partial charge in [-0.05, 0) is 42.3 Å². The van der Waals surface area contributed by atoms with Gasteiger partial charge in [-0.1, -0.05) is 12.1 Å². The van der Waals surface area contributed by atoms with Crippen LogP contribution in [0.1, 0.15) is 5.56 Å². The lowest BCUT2D eigenvalue weighted by atomic mass is 10.1. The van der Waals surface area contributed by atoms with Gasteiger partial charge in [0.15, 0.2) is 9.84 Å². The van der Waals surface area contributed by atoms with E-state index in [2.05, 4.69) is 5.32 Å². The molecule has 0 aromatic heterocycles. The zero-order chi connectivity index (χ0) is 15.5. The maximum Gasteiger partial charge on any atom is 0.175 e. The summed E-state index contributed by atoms with van der Waals surface area (Å²) in [5.41, 5.74) is 7.76. The number of halogens is 1. The Morgan fingerprint density at radius 2 is 1.95 bits per heavy atom. The normalized spacial score (nSPS) is 11.3. The van der Waals surface area contributed by atoms with Crippen molar-refractivity contribution >= 4 is 21.2 Å². The van der Waals surface area contributed by atoms with E-state index in [0.717, 1.165) is 11.8 Å². The van der Waals surface area contributed by atoms with Crippen LogP contribution < -0.4 is 11.1 Å². The number of sulfone groups is 1. The highest BCUT2D eigenvalue weighted by Crippen LogP contribution is 2.22. The summed E-state index contributed by atoms with van der Waals surface area (Å²) in [6, 6.07) is 11.0. The van der Waals surface area contributed by atoms with Crippen LogP contribution in [0.5, 0.6) is 0 Å². The maximum absolute atomic E-state index is 13.0. The highest BCUT2D eigenvalue weighted by molar-refractivity contribution is 7.90. The summed E-state index contributed by atoms with van der Waals surface area (Å²) in [6.45, 7) is 0.575. The van der Waals surface area contributed by atoms with Crippen LogP contribution >= 0.6 is 0 Å². The van der Waals surface area contributed by atoms with Crippen molar-refractivity contribution in [1.29, 1.82) is 0 Å². The average Bonchev–Trinajstić information content (AvgIpc) is 2.39. The van der Waals surface area contributed by atoms with Crippen LogP contribution in [0.15, 0.2) is 47.4 Å². The second kappa shape index (κ2) is 6.13. The summed E-state index contributed by atoms with van der Waals surface area (Å²) in [5.74, 6) is -0.260. The second-order valence-electron chi connectivity index (χ2n) is 4.83. The molecule has 4 nitrogen and oxygen atoms in total. The van der Waals surface area contributed by atoms with Crippen LogP contribution in [0.3, 0.4) is 0 Å². The van der Waals surface area contributed by atoms with E-state index in [1.165, 1.54) is 24.3 Å². The summed E-state index contributed by atoms with van der Waals surface area (Å²) < 4.78 is 35.9. The molecule has 0 unspecified atom stereocenters. The van der Waals surface area contributed by atoms with Gasteiger partial charge in [0.25, 0.3) is 0 Å². The molecule has 2 rings (SSSR count). The van der Waals surface area contributed by atoms with Crippen LogP contribution in [0, 0.1) is 5.82 Å². The minimum Gasteiger partial charge on any atom is -0.397 e. The number of nitrogen functional groups attached to an aromatic ring is 1. The molecule has 0 fully saturated rings. The first-order valence-corrected chi connectivity index (χ1v) is 8.33. The lowest BCUT2D eigenvalue weighted by molar-refractivity contribution is 0.602. The van der Waals surface area contributed by atoms with Gasteiger partial charge in [0, 0.05) is 12.8 Å². The van der Waals surface area contributed by atoms with Crippen molar-refractivity contribution in [3.8, 4) is 0 Å². The molecule has 0 aliphatic rings. The quantitative estimate of drug-likeness (QED) is 0.832. The predicted octanol–water partition coefficient (Wildman–Crippen LogP) is 2.47. The van der Waals surface area contributed by atoms with E-state index in [9.17, 15) is 12.8 Å². The molecule has 6 heteroatoms. The molecule has 0 aliphatic carbocycles. The smallest absolute Gasteiger partial charge is 0.175 e. The molecule has 21 heavy (non-hydrogen) atoms. The third-order valence-corrected chi connectivity index (χ3v) is 4.18. The van der Waals surface area contributed by atoms with Gasteiger partial charge in [-0.3, -0.25) is 0 Å². The van der Waals surface area contributed by atoms with Gasteiger partial charge in [-0.15, -0.1) is 0 Å². The fourth-order valence-corrected chi connectivity index (χ4v) is 2.62. The van der Waals surface area contributed by atoms with Crippen LogP contribution in [0.25, 0.3) is 0 Å². The van der Waals surface area contributed by atoms with Gasteiger partial charge in [0.1, 0.15) is 5.82 Å². The number of rotatable bonds is 5. The largest absolute Gasteiger partial charge is 0.397 e. The molecule has 0 amide bonds. The molecule has 112 valence electrons. The Morgan fingerprint density at radius 1 is 1.19 bits per heavy atom. The topological polar surface area (TPSA) is 72.2 Å². The number of benzene rings is 2. The number of nitrogens with one attached hydrogen (secondary N) is 1. The summed E-state index contributed by atoms with van der Waals surface area (Å²) >= 11 is 0. The number of nitrogens with two attached hydrogens (primary N) is 1. The van der Waals surface area contributed by atoms with Crippen LogP contribution in [0.2, 0.25) is 0 Å². The summed E-state index contributed by atoms with van der Waals surface area (Å²) in [5, 5.41) is 3.12. The van der Waals surface area contributed by atoms with E-state index >= 15 is 0 Å². The minimum absolute atomic E-state index is 0.190. The molecule has 0 spiro atoms. The summed E-state index contributed by atoms with van der Waals surface area (Å²) in [6.07, 6.45) is 1.78. The van der Waals surface area contributed by atoms with Crippen molar-refractivity contribution < 1.29 is 12.8 Å². The monoisotopic (exact) mass is 308 g/mol. The third kappa shape index (κ3) is 4.19. The van der Waals surface area contributed by atoms with Gasteiger partial charge in [0.2, 0.25) is 0 Å². The van der Waals surface area contributed by atoms with Gasteiger partial charge in [-0.2, -0.15) is 0 Å². The lowest BCUT2D eigenvalue weighted by Gasteiger charge is -2.10. The Hall–Kier alpha value is -2.08. The molecule has 0 radical (unpaired) electrons. The Labute approximate surface area is 123 Å². The highest BCUT2D eigenvalue weighted by atomic mass is 32.2. The fraction of sp³-hybridized carbons (Fsp3) is 0.200. The van der Waals surface area contributed by atoms with Crippen LogP contribution in [-0.2, 0) is 16.3 Å². The van der Waals surface area contributed by atoms with E-state index < -0.39 is 9.84 Å². The molecule has 3 N–H and O–H groups in total. The highest BCUT2D eigenvalue weighted by Gasteiger charge is 2.09. The Kier molecular flexibility index (Phi) is 4.47. The SMILES string of the molecule is CS(=O)(=O)c1ccc(NCCc2cccc(F)c2)c(N)c1. The molecule has 0 atom stereocenters. The lowest BCUT2D eigenvalue weighted by Crippen LogP contribution is -2.08. The molecule has 0 aliphatic heterocycles. The van der Waals surface area contributed by atoms with Gasteiger partial charge in [-0.25, -0.2) is 12.8 Å². The van der Waals surface area contributed by atoms with Crippen LogP contribution in [0.4, 0.5) is 15.8 Å². The predicted molar refractivity (Wildman–Crippen MR) is 82.6 cm³/mol. The zero-order valence-electron chi connectivity index (χ0n) is 11.6. The number of anilines is 2. The van der Waals surface area contributed by atoms with Crippen molar-refractivity contribution in [3.63, 3.8) is 0 Å². The van der Waals surface area contributed by atoms with E-state index in [4.69, 9.17) is 5.73 Å². The van der Waals surface area contributed by atoms with E-state index in [1.54, 1.807) is 12.1 Å². The number of hydrogen-bond donors (Lipinski definition) is 2. The Balaban J connectivity index is 2.01. The summed E-state index contributed by atoms with van der Waals surface area (Å²) in [7, 11) is -3.26.